The van der Waals surface area contributed by atoms with E-state index in [1.165, 1.54) is 0 Å². The van der Waals surface area contributed by atoms with Crippen LogP contribution in [-0.4, -0.2) is 25.7 Å². The fraction of sp³-hybridized carbons (Fsp3) is 0.111. The zero-order valence-corrected chi connectivity index (χ0v) is 13.5. The minimum Gasteiger partial charge on any atom is -0.366 e. The number of carbonyl (C=O) groups excluding carboxylic acids is 1. The molecular formula is C18H16N6O. The number of primary amides is 1. The first-order valence-electron chi connectivity index (χ1n) is 7.85. The van der Waals surface area contributed by atoms with Gasteiger partial charge in [0.1, 0.15) is 6.04 Å². The molecule has 0 radical (unpaired) electrons. The van der Waals surface area contributed by atoms with Gasteiger partial charge in [-0.25, -0.2) is 4.68 Å². The first-order chi connectivity index (χ1) is 12.1. The van der Waals surface area contributed by atoms with Crippen LogP contribution < -0.4 is 11.1 Å². The van der Waals surface area contributed by atoms with E-state index < -0.39 is 11.9 Å². The summed E-state index contributed by atoms with van der Waals surface area (Å²) < 4.78 is 1.66. The number of aromatic nitrogens is 4. The van der Waals surface area contributed by atoms with Crippen LogP contribution in [-0.2, 0) is 4.79 Å². The number of hydrogen-bond donors (Lipinski definition) is 2. The third-order valence-corrected chi connectivity index (χ3v) is 4.12. The van der Waals surface area contributed by atoms with Gasteiger partial charge in [-0.15, -0.1) is 5.10 Å². The molecule has 25 heavy (non-hydrogen) atoms. The molecule has 124 valence electrons. The summed E-state index contributed by atoms with van der Waals surface area (Å²) in [6.45, 7) is 1.80. The third-order valence-electron chi connectivity index (χ3n) is 4.12. The first kappa shape index (κ1) is 15.1. The maximum Gasteiger partial charge on any atom is 0.248 e. The Morgan fingerprint density at radius 1 is 1.16 bits per heavy atom. The summed E-state index contributed by atoms with van der Waals surface area (Å²) in [5.74, 6) is 0.614. The van der Waals surface area contributed by atoms with Crippen LogP contribution in [0, 0.1) is 0 Å². The average Bonchev–Trinajstić information content (AvgIpc) is 3.05. The van der Waals surface area contributed by atoms with Gasteiger partial charge in [-0.2, -0.15) is 4.98 Å². The summed E-state index contributed by atoms with van der Waals surface area (Å²) in [6, 6.07) is 14.7. The highest BCUT2D eigenvalue weighted by molar-refractivity contribution is 5.95. The van der Waals surface area contributed by atoms with Crippen molar-refractivity contribution in [1.29, 1.82) is 0 Å². The van der Waals surface area contributed by atoms with E-state index in [1.54, 1.807) is 17.8 Å². The molecule has 3 N–H and O–H groups in total. The Bertz CT molecular complexity index is 962. The molecule has 1 unspecified atom stereocenters. The number of amides is 1. The topological polar surface area (TPSA) is 98.7 Å². The highest BCUT2D eigenvalue weighted by atomic mass is 16.1. The Labute approximate surface area is 144 Å². The Morgan fingerprint density at radius 2 is 1.92 bits per heavy atom. The Morgan fingerprint density at radius 3 is 2.60 bits per heavy atom. The predicted molar refractivity (Wildman–Crippen MR) is 93.4 cm³/mol. The standard InChI is InChI=1S/C18H16N6O/c1-11-14(16(19)25)15(13-9-5-6-10-20-13)24-18(21-11)22-17(23-24)12-7-3-2-4-8-12/h2-10,15H,1H3,(H2,19,25)(H,21,22,23). The lowest BCUT2D eigenvalue weighted by Crippen LogP contribution is -2.32. The number of fused-ring (bicyclic) bond motifs is 1. The summed E-state index contributed by atoms with van der Waals surface area (Å²) >= 11 is 0. The molecule has 4 rings (SSSR count). The maximum atomic E-state index is 12.1. The van der Waals surface area contributed by atoms with Gasteiger partial charge in [-0.05, 0) is 19.1 Å². The van der Waals surface area contributed by atoms with Gasteiger partial charge in [0.05, 0.1) is 11.3 Å². The Hall–Kier alpha value is -3.48. The second kappa shape index (κ2) is 5.86. The number of benzene rings is 1. The summed E-state index contributed by atoms with van der Waals surface area (Å²) in [7, 11) is 0. The molecule has 1 aromatic carbocycles. The molecule has 1 amide bonds. The minimum absolute atomic E-state index is 0.427. The number of pyridine rings is 1. The van der Waals surface area contributed by atoms with Crippen molar-refractivity contribution in [3.8, 4) is 11.4 Å². The van der Waals surface area contributed by atoms with Crippen LogP contribution in [0.5, 0.6) is 0 Å². The number of nitrogens with one attached hydrogen (secondary N) is 1. The van der Waals surface area contributed by atoms with Crippen molar-refractivity contribution >= 4 is 11.9 Å². The van der Waals surface area contributed by atoms with E-state index in [0.29, 0.717) is 28.7 Å². The number of anilines is 1. The number of nitrogens with two attached hydrogens (primary N) is 1. The molecule has 7 nitrogen and oxygen atoms in total. The number of carbonyl (C=O) groups is 1. The summed E-state index contributed by atoms with van der Waals surface area (Å²) in [4.78, 5) is 21.0. The van der Waals surface area contributed by atoms with E-state index in [0.717, 1.165) is 5.56 Å². The lowest BCUT2D eigenvalue weighted by molar-refractivity contribution is -0.115. The van der Waals surface area contributed by atoms with Gasteiger partial charge < -0.3 is 11.1 Å². The number of hydrogen-bond acceptors (Lipinski definition) is 5. The van der Waals surface area contributed by atoms with Crippen molar-refractivity contribution < 1.29 is 4.79 Å². The Balaban J connectivity index is 1.89. The van der Waals surface area contributed by atoms with Crippen LogP contribution in [0.25, 0.3) is 11.4 Å². The second-order valence-corrected chi connectivity index (χ2v) is 5.75. The molecule has 0 fully saturated rings. The smallest absolute Gasteiger partial charge is 0.248 e. The van der Waals surface area contributed by atoms with Gasteiger partial charge in [-0.3, -0.25) is 9.78 Å². The summed E-state index contributed by atoms with van der Waals surface area (Å²) in [5, 5.41) is 7.73. The van der Waals surface area contributed by atoms with E-state index in [9.17, 15) is 4.79 Å². The van der Waals surface area contributed by atoms with Gasteiger partial charge in [0.2, 0.25) is 11.9 Å². The summed E-state index contributed by atoms with van der Waals surface area (Å²) in [6.07, 6.45) is 1.68. The quantitative estimate of drug-likeness (QED) is 0.765. The van der Waals surface area contributed by atoms with E-state index in [1.807, 2.05) is 48.5 Å². The van der Waals surface area contributed by atoms with E-state index in [4.69, 9.17) is 5.73 Å². The molecule has 1 aliphatic rings. The van der Waals surface area contributed by atoms with Crippen molar-refractivity contribution in [3.63, 3.8) is 0 Å². The molecule has 7 heteroatoms. The maximum absolute atomic E-state index is 12.1. The molecule has 0 aliphatic carbocycles. The highest BCUT2D eigenvalue weighted by Crippen LogP contribution is 2.34. The van der Waals surface area contributed by atoms with E-state index in [2.05, 4.69) is 20.4 Å². The molecule has 1 aliphatic heterocycles. The molecule has 3 heterocycles. The first-order valence-corrected chi connectivity index (χ1v) is 7.85. The van der Waals surface area contributed by atoms with Gasteiger partial charge in [0, 0.05) is 17.5 Å². The fourth-order valence-corrected chi connectivity index (χ4v) is 2.99. The fourth-order valence-electron chi connectivity index (χ4n) is 2.99. The van der Waals surface area contributed by atoms with Crippen molar-refractivity contribution in [2.45, 2.75) is 13.0 Å². The molecule has 2 aromatic heterocycles. The number of allylic oxidation sites excluding steroid dienone is 1. The lowest BCUT2D eigenvalue weighted by Gasteiger charge is -2.26. The SMILES string of the molecule is CC1=C(C(N)=O)C(c2ccccn2)n2nc(-c3ccccc3)nc2N1. The molecule has 0 saturated carbocycles. The van der Waals surface area contributed by atoms with Crippen LogP contribution in [0.1, 0.15) is 18.7 Å². The second-order valence-electron chi connectivity index (χ2n) is 5.75. The highest BCUT2D eigenvalue weighted by Gasteiger charge is 2.34. The lowest BCUT2D eigenvalue weighted by atomic mass is 9.99. The van der Waals surface area contributed by atoms with Gasteiger partial charge >= 0.3 is 0 Å². The van der Waals surface area contributed by atoms with Gasteiger partial charge in [0.15, 0.2) is 5.82 Å². The third kappa shape index (κ3) is 2.55. The molecule has 3 aromatic rings. The van der Waals surface area contributed by atoms with Crippen molar-refractivity contribution in [3.05, 3.63) is 71.7 Å². The van der Waals surface area contributed by atoms with Crippen LogP contribution >= 0.6 is 0 Å². The number of nitrogens with zero attached hydrogens (tertiary/aromatic N) is 4. The van der Waals surface area contributed by atoms with Gasteiger partial charge in [0.25, 0.3) is 0 Å². The number of rotatable bonds is 3. The molecular weight excluding hydrogens is 316 g/mol. The van der Waals surface area contributed by atoms with Crippen LogP contribution in [0.15, 0.2) is 66.0 Å². The van der Waals surface area contributed by atoms with Crippen LogP contribution in [0.3, 0.4) is 0 Å². The van der Waals surface area contributed by atoms with Crippen LogP contribution in [0.2, 0.25) is 0 Å². The van der Waals surface area contributed by atoms with E-state index in [-0.39, 0.29) is 0 Å². The molecule has 0 saturated heterocycles. The molecule has 0 spiro atoms. The summed E-state index contributed by atoms with van der Waals surface area (Å²) in [5.41, 5.74) is 8.29. The zero-order chi connectivity index (χ0) is 17.4. The van der Waals surface area contributed by atoms with Crippen LogP contribution in [0.4, 0.5) is 5.95 Å². The van der Waals surface area contributed by atoms with Crippen molar-refractivity contribution in [1.82, 2.24) is 19.7 Å². The normalized spacial score (nSPS) is 16.3. The average molecular weight is 332 g/mol. The zero-order valence-electron chi connectivity index (χ0n) is 13.5. The largest absolute Gasteiger partial charge is 0.366 e. The van der Waals surface area contributed by atoms with Crippen molar-refractivity contribution in [2.24, 2.45) is 5.73 Å². The monoisotopic (exact) mass is 332 g/mol. The van der Waals surface area contributed by atoms with Crippen molar-refractivity contribution in [2.75, 3.05) is 5.32 Å². The molecule has 1 atom stereocenters. The van der Waals surface area contributed by atoms with Gasteiger partial charge in [-0.1, -0.05) is 36.4 Å². The predicted octanol–water partition coefficient (Wildman–Crippen LogP) is 2.11. The Kier molecular flexibility index (Phi) is 3.53. The molecule has 0 bridgehead atoms. The minimum atomic E-state index is -0.514. The van der Waals surface area contributed by atoms with E-state index >= 15 is 0 Å².